The van der Waals surface area contributed by atoms with Gasteiger partial charge in [-0.15, -0.1) is 11.8 Å². The van der Waals surface area contributed by atoms with Gasteiger partial charge >= 0.3 is 0 Å². The van der Waals surface area contributed by atoms with Gasteiger partial charge in [-0.25, -0.2) is 13.8 Å². The minimum atomic E-state index is -1.27. The van der Waals surface area contributed by atoms with Crippen molar-refractivity contribution in [2.24, 2.45) is 0 Å². The first-order valence-corrected chi connectivity index (χ1v) is 11.4. The van der Waals surface area contributed by atoms with E-state index in [-0.39, 0.29) is 11.4 Å². The standard InChI is InChI=1S/C26H24F2N2OS/c1-16-13-18(17-7-5-8-19(14-17)32-4)11-12-22(16)30-15-23(26(2,3)31)29-25(30)24-20(27)9-6-10-21(24)28/h5-15,31H,1-4H3. The number of hydrogen-bond donors (Lipinski definition) is 1. The molecule has 0 bridgehead atoms. The zero-order valence-electron chi connectivity index (χ0n) is 18.4. The van der Waals surface area contributed by atoms with Crippen molar-refractivity contribution in [3.05, 3.63) is 89.8 Å². The minimum Gasteiger partial charge on any atom is -0.384 e. The Morgan fingerprint density at radius 3 is 2.22 bits per heavy atom. The van der Waals surface area contributed by atoms with Crippen LogP contribution in [0.2, 0.25) is 0 Å². The summed E-state index contributed by atoms with van der Waals surface area (Å²) < 4.78 is 30.9. The van der Waals surface area contributed by atoms with Gasteiger partial charge in [-0.3, -0.25) is 4.57 Å². The van der Waals surface area contributed by atoms with E-state index in [4.69, 9.17) is 0 Å². The Bertz CT molecular complexity index is 1270. The summed E-state index contributed by atoms with van der Waals surface area (Å²) in [6.07, 6.45) is 3.67. The van der Waals surface area contributed by atoms with Gasteiger partial charge in [-0.2, -0.15) is 0 Å². The molecule has 0 spiro atoms. The van der Waals surface area contributed by atoms with Crippen LogP contribution in [0.3, 0.4) is 0 Å². The lowest BCUT2D eigenvalue weighted by atomic mass is 10.0. The smallest absolute Gasteiger partial charge is 0.150 e. The molecule has 4 aromatic rings. The van der Waals surface area contributed by atoms with E-state index in [2.05, 4.69) is 23.2 Å². The molecule has 1 N–H and O–H groups in total. The van der Waals surface area contributed by atoms with Crippen molar-refractivity contribution in [2.45, 2.75) is 31.3 Å². The highest BCUT2D eigenvalue weighted by atomic mass is 32.2. The molecule has 0 radical (unpaired) electrons. The Labute approximate surface area is 190 Å². The third-order valence-electron chi connectivity index (χ3n) is 5.38. The Morgan fingerprint density at radius 1 is 0.938 bits per heavy atom. The van der Waals surface area contributed by atoms with Gasteiger partial charge in [0.1, 0.15) is 17.2 Å². The predicted molar refractivity (Wildman–Crippen MR) is 126 cm³/mol. The number of aryl methyl sites for hydroxylation is 1. The summed E-state index contributed by atoms with van der Waals surface area (Å²) in [6.45, 7) is 5.13. The summed E-state index contributed by atoms with van der Waals surface area (Å²) in [4.78, 5) is 5.60. The number of hydrogen-bond acceptors (Lipinski definition) is 3. The minimum absolute atomic E-state index is 0.109. The van der Waals surface area contributed by atoms with Gasteiger partial charge in [-0.1, -0.05) is 24.3 Å². The molecular weight excluding hydrogens is 426 g/mol. The first kappa shape index (κ1) is 22.2. The van der Waals surface area contributed by atoms with E-state index in [1.54, 1.807) is 36.4 Å². The summed E-state index contributed by atoms with van der Waals surface area (Å²) in [7, 11) is 0. The molecule has 0 aliphatic rings. The van der Waals surface area contributed by atoms with Crippen LogP contribution >= 0.6 is 11.8 Å². The van der Waals surface area contributed by atoms with E-state index in [0.717, 1.165) is 22.4 Å². The lowest BCUT2D eigenvalue weighted by molar-refractivity contribution is 0.0743. The molecule has 164 valence electrons. The topological polar surface area (TPSA) is 38.0 Å². The van der Waals surface area contributed by atoms with Crippen LogP contribution in [0.15, 0.2) is 71.8 Å². The molecule has 0 unspecified atom stereocenters. The molecule has 6 heteroatoms. The van der Waals surface area contributed by atoms with Crippen LogP contribution in [0.1, 0.15) is 25.1 Å². The van der Waals surface area contributed by atoms with E-state index >= 15 is 0 Å². The van der Waals surface area contributed by atoms with Gasteiger partial charge in [0, 0.05) is 11.1 Å². The van der Waals surface area contributed by atoms with Crippen LogP contribution in [-0.4, -0.2) is 20.9 Å². The number of halogens is 2. The second-order valence-corrected chi connectivity index (χ2v) is 9.09. The number of imidazole rings is 1. The molecule has 0 atom stereocenters. The average molecular weight is 451 g/mol. The molecule has 0 aliphatic carbocycles. The van der Waals surface area contributed by atoms with Crippen LogP contribution in [0.4, 0.5) is 8.78 Å². The van der Waals surface area contributed by atoms with Gasteiger partial charge in [0.2, 0.25) is 0 Å². The van der Waals surface area contributed by atoms with Crippen molar-refractivity contribution in [3.63, 3.8) is 0 Å². The first-order valence-electron chi connectivity index (χ1n) is 10.2. The van der Waals surface area contributed by atoms with Gasteiger partial charge < -0.3 is 5.11 Å². The first-order chi connectivity index (χ1) is 15.2. The fourth-order valence-corrected chi connectivity index (χ4v) is 4.11. The fraction of sp³-hybridized carbons (Fsp3) is 0.192. The molecule has 32 heavy (non-hydrogen) atoms. The summed E-state index contributed by atoms with van der Waals surface area (Å²) >= 11 is 1.68. The van der Waals surface area contributed by atoms with E-state index in [1.165, 1.54) is 23.1 Å². The van der Waals surface area contributed by atoms with Crippen molar-refractivity contribution in [3.8, 4) is 28.2 Å². The van der Waals surface area contributed by atoms with Crippen molar-refractivity contribution in [1.82, 2.24) is 9.55 Å². The highest BCUT2D eigenvalue weighted by Gasteiger charge is 2.26. The van der Waals surface area contributed by atoms with Gasteiger partial charge in [0.05, 0.1) is 16.9 Å². The van der Waals surface area contributed by atoms with Crippen LogP contribution in [0, 0.1) is 18.6 Å². The number of rotatable bonds is 5. The molecule has 0 saturated heterocycles. The third kappa shape index (κ3) is 4.20. The zero-order chi connectivity index (χ0) is 23.0. The molecule has 1 heterocycles. The number of aromatic nitrogens is 2. The van der Waals surface area contributed by atoms with Gasteiger partial charge in [0.15, 0.2) is 5.82 Å². The molecule has 3 aromatic carbocycles. The van der Waals surface area contributed by atoms with Crippen molar-refractivity contribution < 1.29 is 13.9 Å². The molecule has 0 fully saturated rings. The Balaban J connectivity index is 1.89. The Kier molecular flexibility index (Phi) is 5.93. The lowest BCUT2D eigenvalue weighted by Gasteiger charge is -2.14. The largest absolute Gasteiger partial charge is 0.384 e. The van der Waals surface area contributed by atoms with Crippen LogP contribution < -0.4 is 0 Å². The summed E-state index contributed by atoms with van der Waals surface area (Å²) in [6, 6.07) is 17.9. The zero-order valence-corrected chi connectivity index (χ0v) is 19.2. The number of benzene rings is 3. The van der Waals surface area contributed by atoms with Crippen LogP contribution in [0.5, 0.6) is 0 Å². The highest BCUT2D eigenvalue weighted by molar-refractivity contribution is 7.98. The number of thioether (sulfide) groups is 1. The fourth-order valence-electron chi connectivity index (χ4n) is 3.65. The van der Waals surface area contributed by atoms with Crippen molar-refractivity contribution >= 4 is 11.8 Å². The van der Waals surface area contributed by atoms with E-state index in [9.17, 15) is 13.9 Å². The van der Waals surface area contributed by atoms with Crippen LogP contribution in [-0.2, 0) is 5.60 Å². The molecule has 3 nitrogen and oxygen atoms in total. The molecule has 0 amide bonds. The Morgan fingerprint density at radius 2 is 1.59 bits per heavy atom. The Hall–Kier alpha value is -2.96. The molecule has 0 aliphatic heterocycles. The van der Waals surface area contributed by atoms with E-state index in [0.29, 0.717) is 5.69 Å². The monoisotopic (exact) mass is 450 g/mol. The second-order valence-electron chi connectivity index (χ2n) is 8.21. The maximum Gasteiger partial charge on any atom is 0.150 e. The summed E-state index contributed by atoms with van der Waals surface area (Å²) in [5, 5.41) is 10.5. The van der Waals surface area contributed by atoms with E-state index < -0.39 is 17.2 Å². The summed E-state index contributed by atoms with van der Waals surface area (Å²) in [5.74, 6) is -1.30. The normalized spacial score (nSPS) is 11.7. The highest BCUT2D eigenvalue weighted by Crippen LogP contribution is 2.33. The molecular formula is C26H24F2N2OS. The average Bonchev–Trinajstić information content (AvgIpc) is 3.19. The maximum absolute atomic E-state index is 14.6. The molecule has 1 aromatic heterocycles. The quantitative estimate of drug-likeness (QED) is 0.342. The lowest BCUT2D eigenvalue weighted by Crippen LogP contribution is -2.15. The molecule has 4 rings (SSSR count). The van der Waals surface area contributed by atoms with Gasteiger partial charge in [0.25, 0.3) is 0 Å². The maximum atomic E-state index is 14.6. The van der Waals surface area contributed by atoms with Crippen molar-refractivity contribution in [2.75, 3.05) is 6.26 Å². The second kappa shape index (κ2) is 8.52. The summed E-state index contributed by atoms with van der Waals surface area (Å²) in [5.41, 5.74) is 2.61. The predicted octanol–water partition coefficient (Wildman–Crippen LogP) is 6.74. The number of aliphatic hydroxyl groups is 1. The number of nitrogens with zero attached hydrogens (tertiary/aromatic N) is 2. The van der Waals surface area contributed by atoms with E-state index in [1.807, 2.05) is 37.4 Å². The van der Waals surface area contributed by atoms with Crippen molar-refractivity contribution in [1.29, 1.82) is 0 Å². The van der Waals surface area contributed by atoms with Gasteiger partial charge in [-0.05, 0) is 80.1 Å². The van der Waals surface area contributed by atoms with Crippen LogP contribution in [0.25, 0.3) is 28.2 Å². The molecule has 0 saturated carbocycles. The third-order valence-corrected chi connectivity index (χ3v) is 6.10. The SMILES string of the molecule is CSc1cccc(-c2ccc(-n3cc(C(C)(C)O)nc3-c3c(F)cccc3F)c(C)c2)c1.